The van der Waals surface area contributed by atoms with Gasteiger partial charge in [-0.05, 0) is 38.4 Å². The molecule has 0 N–H and O–H groups in total. The lowest BCUT2D eigenvalue weighted by molar-refractivity contribution is 0.258. The molecule has 3 aromatic rings. The Morgan fingerprint density at radius 1 is 1.35 bits per heavy atom. The first-order valence-corrected chi connectivity index (χ1v) is 9.68. The van der Waals surface area contributed by atoms with E-state index in [1.54, 1.807) is 13.3 Å². The van der Waals surface area contributed by atoms with Crippen LogP contribution in [0.15, 0.2) is 26.9 Å². The van der Waals surface area contributed by atoms with E-state index in [-0.39, 0.29) is 5.56 Å². The molecule has 0 unspecified atom stereocenters. The number of hydrogen-bond acceptors (Lipinski definition) is 6. The van der Waals surface area contributed by atoms with Gasteiger partial charge in [0.2, 0.25) is 0 Å². The minimum Gasteiger partial charge on any atom is -0.469 e. The van der Waals surface area contributed by atoms with Crippen LogP contribution in [0.2, 0.25) is 0 Å². The predicted molar refractivity (Wildman–Crippen MR) is 101 cm³/mol. The topological polar surface area (TPSA) is 64.2 Å². The van der Waals surface area contributed by atoms with Gasteiger partial charge in [-0.3, -0.25) is 9.69 Å². The molecule has 3 aromatic heterocycles. The lowest BCUT2D eigenvalue weighted by Gasteiger charge is -2.18. The zero-order chi connectivity index (χ0) is 18.3. The smallest absolute Gasteiger partial charge is 0.277 e. The highest BCUT2D eigenvalue weighted by Gasteiger charge is 2.19. The first-order valence-electron chi connectivity index (χ1n) is 8.80. The molecule has 0 spiro atoms. The first-order chi connectivity index (χ1) is 12.5. The summed E-state index contributed by atoms with van der Waals surface area (Å²) in [5.41, 5.74) is 4.63. The van der Waals surface area contributed by atoms with Gasteiger partial charge in [-0.25, -0.2) is 9.67 Å². The van der Waals surface area contributed by atoms with Gasteiger partial charge >= 0.3 is 0 Å². The summed E-state index contributed by atoms with van der Waals surface area (Å²) in [5.74, 6) is 1.11. The summed E-state index contributed by atoms with van der Waals surface area (Å²) in [6.07, 6.45) is 3.85. The maximum Gasteiger partial charge on any atom is 0.277 e. The quantitative estimate of drug-likeness (QED) is 0.709. The van der Waals surface area contributed by atoms with Crippen LogP contribution in [-0.2, 0) is 26.6 Å². The van der Waals surface area contributed by atoms with Crippen LogP contribution in [0.1, 0.15) is 34.7 Å². The molecular weight excluding hydrogens is 348 g/mol. The highest BCUT2D eigenvalue weighted by atomic mass is 32.1. The van der Waals surface area contributed by atoms with Gasteiger partial charge in [0.05, 0.1) is 23.2 Å². The van der Waals surface area contributed by atoms with Gasteiger partial charge in [-0.2, -0.15) is 5.10 Å². The van der Waals surface area contributed by atoms with E-state index in [1.807, 2.05) is 13.8 Å². The number of aryl methyl sites for hydroxylation is 3. The highest BCUT2D eigenvalue weighted by molar-refractivity contribution is 7.13. The van der Waals surface area contributed by atoms with Crippen molar-refractivity contribution in [2.45, 2.75) is 39.8 Å². The molecule has 4 heterocycles. The van der Waals surface area contributed by atoms with Gasteiger partial charge in [0.25, 0.3) is 5.56 Å². The second kappa shape index (κ2) is 6.81. The lowest BCUT2D eigenvalue weighted by atomic mass is 10.1. The predicted octanol–water partition coefficient (Wildman–Crippen LogP) is 3.06. The number of hydrogen-bond donors (Lipinski definition) is 0. The lowest BCUT2D eigenvalue weighted by Crippen LogP contribution is -2.24. The van der Waals surface area contributed by atoms with E-state index >= 15 is 0 Å². The molecule has 7 heteroatoms. The number of rotatable bonds is 3. The largest absolute Gasteiger partial charge is 0.469 e. The van der Waals surface area contributed by atoms with Crippen LogP contribution in [0.3, 0.4) is 0 Å². The molecule has 0 fully saturated rings. The van der Waals surface area contributed by atoms with Crippen LogP contribution in [0.5, 0.6) is 0 Å². The molecular formula is C19H22N4O2S. The van der Waals surface area contributed by atoms with E-state index in [0.29, 0.717) is 5.56 Å². The van der Waals surface area contributed by atoms with E-state index in [4.69, 9.17) is 9.40 Å². The monoisotopic (exact) mass is 370 g/mol. The third-order valence-corrected chi connectivity index (χ3v) is 5.90. The van der Waals surface area contributed by atoms with Crippen LogP contribution < -0.4 is 5.56 Å². The maximum atomic E-state index is 12.5. The van der Waals surface area contributed by atoms with E-state index in [0.717, 1.165) is 60.2 Å². The molecule has 0 atom stereocenters. The zero-order valence-electron chi connectivity index (χ0n) is 15.3. The van der Waals surface area contributed by atoms with Crippen molar-refractivity contribution >= 4 is 11.3 Å². The fraction of sp³-hybridized carbons (Fsp3) is 0.421. The summed E-state index contributed by atoms with van der Waals surface area (Å²) in [5, 5.41) is 7.09. The molecule has 26 heavy (non-hydrogen) atoms. The Balaban J connectivity index is 1.59. The summed E-state index contributed by atoms with van der Waals surface area (Å²) in [6.45, 7) is 6.55. The summed E-state index contributed by atoms with van der Waals surface area (Å²) in [6, 6.07) is 2.06. The fourth-order valence-corrected chi connectivity index (χ4v) is 4.37. The molecule has 136 valence electrons. The molecule has 1 aliphatic rings. The van der Waals surface area contributed by atoms with Gasteiger partial charge in [0.15, 0.2) is 0 Å². The third-order valence-electron chi connectivity index (χ3n) is 4.99. The molecule has 0 amide bonds. The van der Waals surface area contributed by atoms with E-state index in [2.05, 4.69) is 21.4 Å². The Labute approximate surface area is 156 Å². The molecule has 0 saturated carbocycles. The van der Waals surface area contributed by atoms with Gasteiger partial charge in [-0.1, -0.05) is 0 Å². The fourth-order valence-electron chi connectivity index (χ4n) is 3.47. The Kier molecular flexibility index (Phi) is 4.50. The second-order valence-electron chi connectivity index (χ2n) is 6.84. The average Bonchev–Trinajstić information content (AvgIpc) is 3.19. The van der Waals surface area contributed by atoms with E-state index in [9.17, 15) is 4.79 Å². The number of fused-ring (bicyclic) bond motifs is 1. The van der Waals surface area contributed by atoms with Crippen LogP contribution in [0, 0.1) is 13.8 Å². The van der Waals surface area contributed by atoms with Crippen LogP contribution in [-0.4, -0.2) is 26.2 Å². The minimum atomic E-state index is -0.0909. The molecule has 0 aliphatic carbocycles. The van der Waals surface area contributed by atoms with Crippen molar-refractivity contribution in [3.8, 4) is 10.6 Å². The Morgan fingerprint density at radius 2 is 2.19 bits per heavy atom. The van der Waals surface area contributed by atoms with Crippen molar-refractivity contribution in [2.75, 3.05) is 6.54 Å². The van der Waals surface area contributed by atoms with Crippen molar-refractivity contribution in [3.63, 3.8) is 0 Å². The first kappa shape index (κ1) is 17.2. The van der Waals surface area contributed by atoms with Crippen LogP contribution in [0.4, 0.5) is 0 Å². The van der Waals surface area contributed by atoms with Gasteiger partial charge in [0, 0.05) is 37.5 Å². The summed E-state index contributed by atoms with van der Waals surface area (Å²) < 4.78 is 6.96. The average molecular weight is 370 g/mol. The third kappa shape index (κ3) is 3.12. The van der Waals surface area contributed by atoms with Gasteiger partial charge < -0.3 is 4.42 Å². The Hall–Kier alpha value is -2.25. The minimum absolute atomic E-state index is 0.0909. The normalized spacial score (nSPS) is 15.0. The van der Waals surface area contributed by atoms with Crippen molar-refractivity contribution in [3.05, 3.63) is 56.3 Å². The standard InChI is InChI=1S/C19H22N4O2S/c1-12-13(2)21-22(3)19(24)17(12)18-20-15(11-26-18)10-23-7-4-5-16-14(9-23)6-8-25-16/h6,8,11H,4-5,7,9-10H2,1-3H3. The SMILES string of the molecule is Cc1nn(C)c(=O)c(-c2nc(CN3CCCc4occc4C3)cs2)c1C. The number of furan rings is 1. The number of aromatic nitrogens is 3. The highest BCUT2D eigenvalue weighted by Crippen LogP contribution is 2.26. The van der Waals surface area contributed by atoms with E-state index in [1.165, 1.54) is 21.6 Å². The van der Waals surface area contributed by atoms with Crippen molar-refractivity contribution < 1.29 is 4.42 Å². The summed E-state index contributed by atoms with van der Waals surface area (Å²) in [4.78, 5) is 19.7. The zero-order valence-corrected chi connectivity index (χ0v) is 16.1. The van der Waals surface area contributed by atoms with Crippen molar-refractivity contribution in [1.82, 2.24) is 19.7 Å². The molecule has 0 radical (unpaired) electrons. The van der Waals surface area contributed by atoms with Crippen molar-refractivity contribution in [1.29, 1.82) is 0 Å². The molecule has 4 rings (SSSR count). The van der Waals surface area contributed by atoms with Crippen LogP contribution >= 0.6 is 11.3 Å². The second-order valence-corrected chi connectivity index (χ2v) is 7.70. The molecule has 0 bridgehead atoms. The summed E-state index contributed by atoms with van der Waals surface area (Å²) in [7, 11) is 1.69. The van der Waals surface area contributed by atoms with Crippen LogP contribution in [0.25, 0.3) is 10.6 Å². The van der Waals surface area contributed by atoms with Gasteiger partial charge in [0.1, 0.15) is 10.8 Å². The molecule has 1 aliphatic heterocycles. The molecule has 0 aromatic carbocycles. The number of thiazole rings is 1. The molecule has 0 saturated heterocycles. The Bertz CT molecular complexity index is 1000. The maximum absolute atomic E-state index is 12.5. The van der Waals surface area contributed by atoms with Crippen molar-refractivity contribution in [2.24, 2.45) is 7.05 Å². The molecule has 6 nitrogen and oxygen atoms in total. The van der Waals surface area contributed by atoms with Gasteiger partial charge in [-0.15, -0.1) is 11.3 Å². The Morgan fingerprint density at radius 3 is 3.04 bits per heavy atom. The number of nitrogens with zero attached hydrogens (tertiary/aromatic N) is 4. The van der Waals surface area contributed by atoms with E-state index < -0.39 is 0 Å². The summed E-state index contributed by atoms with van der Waals surface area (Å²) >= 11 is 1.53.